The van der Waals surface area contributed by atoms with Crippen LogP contribution in [0.25, 0.3) is 0 Å². The van der Waals surface area contributed by atoms with Crippen molar-refractivity contribution in [2.45, 2.75) is 18.5 Å². The Morgan fingerprint density at radius 1 is 0.605 bits per heavy atom. The molecule has 0 atom stereocenters. The minimum Gasteiger partial charge on any atom is -0.423 e. The zero-order valence-corrected chi connectivity index (χ0v) is 18.4. The number of carbonyl (C=O) groups is 2. The van der Waals surface area contributed by atoms with Crippen LogP contribution < -0.4 is 20.9 Å². The van der Waals surface area contributed by atoms with E-state index in [1.165, 1.54) is 0 Å². The Kier molecular flexibility index (Phi) is 7.25. The molecule has 38 heavy (non-hydrogen) atoms. The second-order valence-electron chi connectivity index (χ2n) is 7.54. The number of nitrogens with two attached hydrogens (primary N) is 2. The van der Waals surface area contributed by atoms with E-state index in [1.807, 2.05) is 0 Å². The molecule has 0 heterocycles. The third-order valence-electron chi connectivity index (χ3n) is 4.83. The lowest BCUT2D eigenvalue weighted by Crippen LogP contribution is -2.18. The zero-order valence-electron chi connectivity index (χ0n) is 18.4. The standard InChI is InChI=1S/C23H13F9N2O4/c24-21(25,26)14-8-11(33)2-4-13(14)20(36)37-12-3-6-18(16(9-12)23(30,31)32)38-19(35)10-1-5-17(34)15(7-10)22(27,28)29/h1-9H,33-34H2. The highest BCUT2D eigenvalue weighted by Crippen LogP contribution is 2.40. The minimum absolute atomic E-state index is 0.162. The van der Waals surface area contributed by atoms with Crippen LogP contribution in [0.5, 0.6) is 11.5 Å². The molecule has 0 saturated carbocycles. The summed E-state index contributed by atoms with van der Waals surface area (Å²) in [5.41, 5.74) is 2.97. The number of hydrogen-bond acceptors (Lipinski definition) is 6. The van der Waals surface area contributed by atoms with Crippen LogP contribution in [0.2, 0.25) is 0 Å². The van der Waals surface area contributed by atoms with Crippen LogP contribution >= 0.6 is 0 Å². The SMILES string of the molecule is Nc1ccc(C(=O)Oc2ccc(OC(=O)c3ccc(N)c(C(F)(F)F)c3)c(C(F)(F)F)c2)c(C(F)(F)F)c1. The van der Waals surface area contributed by atoms with Gasteiger partial charge in [-0.1, -0.05) is 0 Å². The van der Waals surface area contributed by atoms with Crippen molar-refractivity contribution >= 4 is 23.3 Å². The Hall–Kier alpha value is -4.43. The summed E-state index contributed by atoms with van der Waals surface area (Å²) in [4.78, 5) is 24.6. The van der Waals surface area contributed by atoms with Gasteiger partial charge in [0, 0.05) is 11.4 Å². The largest absolute Gasteiger partial charge is 0.423 e. The summed E-state index contributed by atoms with van der Waals surface area (Å²) < 4.78 is 129. The summed E-state index contributed by atoms with van der Waals surface area (Å²) in [6.07, 6.45) is -15.3. The molecule has 3 aromatic carbocycles. The Morgan fingerprint density at radius 2 is 1.21 bits per heavy atom. The van der Waals surface area contributed by atoms with Gasteiger partial charge in [0.15, 0.2) is 0 Å². The number of anilines is 2. The van der Waals surface area contributed by atoms with Crippen LogP contribution in [0, 0.1) is 0 Å². The third kappa shape index (κ3) is 6.27. The second kappa shape index (κ2) is 9.79. The van der Waals surface area contributed by atoms with Crippen LogP contribution in [0.4, 0.5) is 50.9 Å². The molecule has 0 saturated heterocycles. The predicted octanol–water partition coefficient (Wildman–Crippen LogP) is 6.35. The van der Waals surface area contributed by atoms with Gasteiger partial charge in [0.05, 0.1) is 22.3 Å². The van der Waals surface area contributed by atoms with Crippen LogP contribution in [-0.2, 0) is 18.5 Å². The summed E-state index contributed by atoms with van der Waals surface area (Å²) in [5, 5.41) is 0. The molecule has 0 spiro atoms. The molecule has 0 aliphatic carbocycles. The highest BCUT2D eigenvalue weighted by molar-refractivity contribution is 5.94. The van der Waals surface area contributed by atoms with E-state index in [-0.39, 0.29) is 17.8 Å². The highest BCUT2D eigenvalue weighted by Gasteiger charge is 2.38. The molecule has 0 aromatic heterocycles. The van der Waals surface area contributed by atoms with E-state index in [0.29, 0.717) is 30.3 Å². The summed E-state index contributed by atoms with van der Waals surface area (Å²) in [5.74, 6) is -5.34. The number of esters is 2. The fraction of sp³-hybridized carbons (Fsp3) is 0.130. The molecule has 4 N–H and O–H groups in total. The van der Waals surface area contributed by atoms with Crippen molar-refractivity contribution in [3.05, 3.63) is 82.4 Å². The number of nitrogen functional groups attached to an aromatic ring is 2. The summed E-state index contributed by atoms with van der Waals surface area (Å²) >= 11 is 0. The molecule has 0 fully saturated rings. The van der Waals surface area contributed by atoms with Crippen molar-refractivity contribution in [3.8, 4) is 11.5 Å². The van der Waals surface area contributed by atoms with E-state index in [2.05, 4.69) is 9.47 Å². The molecule has 0 radical (unpaired) electrons. The fourth-order valence-corrected chi connectivity index (χ4v) is 3.11. The van der Waals surface area contributed by atoms with Gasteiger partial charge < -0.3 is 20.9 Å². The van der Waals surface area contributed by atoms with Crippen molar-refractivity contribution < 1.29 is 58.6 Å². The first-order valence-corrected chi connectivity index (χ1v) is 9.97. The number of ether oxygens (including phenoxy) is 2. The van der Waals surface area contributed by atoms with Gasteiger partial charge in [0.1, 0.15) is 17.1 Å². The fourth-order valence-electron chi connectivity index (χ4n) is 3.11. The van der Waals surface area contributed by atoms with E-state index in [4.69, 9.17) is 11.5 Å². The minimum atomic E-state index is -5.26. The quantitative estimate of drug-likeness (QED) is 0.169. The maximum atomic E-state index is 13.6. The topological polar surface area (TPSA) is 105 Å². The van der Waals surface area contributed by atoms with Crippen molar-refractivity contribution in [2.24, 2.45) is 0 Å². The summed E-state index contributed by atoms with van der Waals surface area (Å²) in [6.45, 7) is 0. The van der Waals surface area contributed by atoms with Crippen LogP contribution in [-0.4, -0.2) is 11.9 Å². The van der Waals surface area contributed by atoms with E-state index < -0.39 is 75.5 Å². The monoisotopic (exact) mass is 552 g/mol. The molecule has 0 aliphatic rings. The summed E-state index contributed by atoms with van der Waals surface area (Å²) in [7, 11) is 0. The van der Waals surface area contributed by atoms with Gasteiger partial charge >= 0.3 is 30.5 Å². The average Bonchev–Trinajstić information content (AvgIpc) is 2.78. The van der Waals surface area contributed by atoms with Gasteiger partial charge in [-0.05, 0) is 54.6 Å². The lowest BCUT2D eigenvalue weighted by molar-refractivity contribution is -0.139. The van der Waals surface area contributed by atoms with Crippen molar-refractivity contribution in [2.75, 3.05) is 11.5 Å². The van der Waals surface area contributed by atoms with Gasteiger partial charge in [-0.25, -0.2) is 9.59 Å². The second-order valence-corrected chi connectivity index (χ2v) is 7.54. The third-order valence-corrected chi connectivity index (χ3v) is 4.83. The lowest BCUT2D eigenvalue weighted by Gasteiger charge is -2.16. The number of hydrogen-bond donors (Lipinski definition) is 2. The molecule has 0 unspecified atom stereocenters. The molecule has 6 nitrogen and oxygen atoms in total. The first-order chi connectivity index (χ1) is 17.4. The molecule has 0 bridgehead atoms. The van der Waals surface area contributed by atoms with Gasteiger partial charge in [-0.2, -0.15) is 39.5 Å². The van der Waals surface area contributed by atoms with E-state index in [0.717, 1.165) is 12.1 Å². The molecule has 202 valence electrons. The number of halogens is 9. The Balaban J connectivity index is 1.93. The number of rotatable bonds is 4. The first kappa shape index (κ1) is 28.1. The molecule has 3 aromatic rings. The van der Waals surface area contributed by atoms with Gasteiger partial charge in [0.25, 0.3) is 0 Å². The Labute approximate surface area is 206 Å². The van der Waals surface area contributed by atoms with Crippen LogP contribution in [0.3, 0.4) is 0 Å². The summed E-state index contributed by atoms with van der Waals surface area (Å²) in [6, 6.07) is 5.16. The maximum absolute atomic E-state index is 13.6. The number of alkyl halides is 9. The van der Waals surface area contributed by atoms with Crippen LogP contribution in [0.15, 0.2) is 54.6 Å². The van der Waals surface area contributed by atoms with Crippen molar-refractivity contribution in [3.63, 3.8) is 0 Å². The molecular weight excluding hydrogens is 539 g/mol. The molecule has 0 aliphatic heterocycles. The molecule has 0 amide bonds. The smallest absolute Gasteiger partial charge is 0.420 e. The molecule has 15 heteroatoms. The maximum Gasteiger partial charge on any atom is 0.420 e. The average molecular weight is 552 g/mol. The van der Waals surface area contributed by atoms with Gasteiger partial charge in [0.2, 0.25) is 0 Å². The van der Waals surface area contributed by atoms with Crippen molar-refractivity contribution in [1.82, 2.24) is 0 Å². The first-order valence-electron chi connectivity index (χ1n) is 9.97. The van der Waals surface area contributed by atoms with E-state index >= 15 is 0 Å². The lowest BCUT2D eigenvalue weighted by atomic mass is 10.1. The molecular formula is C23H13F9N2O4. The van der Waals surface area contributed by atoms with E-state index in [9.17, 15) is 49.1 Å². The van der Waals surface area contributed by atoms with Gasteiger partial charge in [-0.3, -0.25) is 0 Å². The number of benzene rings is 3. The number of carbonyl (C=O) groups excluding carboxylic acids is 2. The Morgan fingerprint density at radius 3 is 1.79 bits per heavy atom. The Bertz CT molecular complexity index is 1400. The van der Waals surface area contributed by atoms with Crippen molar-refractivity contribution in [1.29, 1.82) is 0 Å². The van der Waals surface area contributed by atoms with Gasteiger partial charge in [-0.15, -0.1) is 0 Å². The normalized spacial score (nSPS) is 12.2. The van der Waals surface area contributed by atoms with E-state index in [1.54, 1.807) is 0 Å². The molecule has 3 rings (SSSR count). The predicted molar refractivity (Wildman–Crippen MR) is 113 cm³/mol. The van der Waals surface area contributed by atoms with Crippen LogP contribution in [0.1, 0.15) is 37.4 Å². The zero-order chi connectivity index (χ0) is 28.6. The highest BCUT2D eigenvalue weighted by atomic mass is 19.4.